The number of aromatic nitrogens is 2. The van der Waals surface area contributed by atoms with Gasteiger partial charge >= 0.3 is 5.97 Å². The second-order valence-corrected chi connectivity index (χ2v) is 13.2. The molecule has 1 N–H and O–H groups in total. The van der Waals surface area contributed by atoms with Gasteiger partial charge in [-0.1, -0.05) is 45.8 Å². The van der Waals surface area contributed by atoms with E-state index in [1.165, 1.54) is 12.8 Å². The molecule has 4 aliphatic rings. The largest absolute Gasteiger partial charge is 0.462 e. The summed E-state index contributed by atoms with van der Waals surface area (Å²) in [5.74, 6) is 1.13. The Morgan fingerprint density at radius 1 is 1.20 bits per heavy atom. The molecular weight excluding hydrogens is 567 g/mol. The summed E-state index contributed by atoms with van der Waals surface area (Å²) in [5, 5.41) is 10.6. The third kappa shape index (κ3) is 3.55. The molecule has 2 aromatic heterocycles. The highest BCUT2D eigenvalue weighted by molar-refractivity contribution is 7.22. The van der Waals surface area contributed by atoms with Crippen molar-refractivity contribution in [3.05, 3.63) is 63.3 Å². The Hall–Kier alpha value is -2.65. The van der Waals surface area contributed by atoms with Gasteiger partial charge in [-0.3, -0.25) is 0 Å². The van der Waals surface area contributed by atoms with Gasteiger partial charge in [0.1, 0.15) is 11.5 Å². The number of thiazole rings is 1. The predicted molar refractivity (Wildman–Crippen MR) is 156 cm³/mol. The maximum atomic E-state index is 12.2. The molecule has 1 aliphatic heterocycles. The molecule has 3 saturated carbocycles. The molecule has 4 unspecified atom stereocenters. The van der Waals surface area contributed by atoms with Gasteiger partial charge < -0.3 is 19.5 Å². The molecule has 1 saturated heterocycles. The number of rotatable bonds is 8. The van der Waals surface area contributed by atoms with Crippen LogP contribution in [0.2, 0.25) is 10.0 Å². The predicted octanol–water partition coefficient (Wildman–Crippen LogP) is 7.21. The molecule has 10 heteroatoms. The molecule has 1 spiro atoms. The van der Waals surface area contributed by atoms with Gasteiger partial charge in [0.2, 0.25) is 0 Å². The zero-order chi connectivity index (χ0) is 27.2. The average Bonchev–Trinajstić information content (AvgIpc) is 3.53. The Labute approximate surface area is 245 Å². The van der Waals surface area contributed by atoms with E-state index in [9.17, 15) is 4.79 Å². The van der Waals surface area contributed by atoms with Crippen LogP contribution in [0.1, 0.15) is 66.6 Å². The Bertz CT molecular complexity index is 1640. The number of hydrogen-bond acceptors (Lipinski definition) is 8. The van der Waals surface area contributed by atoms with E-state index in [4.69, 9.17) is 37.4 Å². The van der Waals surface area contributed by atoms with E-state index in [0.29, 0.717) is 58.2 Å². The van der Waals surface area contributed by atoms with Crippen molar-refractivity contribution < 1.29 is 14.1 Å². The van der Waals surface area contributed by atoms with E-state index in [0.717, 1.165) is 57.2 Å². The molecule has 3 heterocycles. The van der Waals surface area contributed by atoms with Crippen LogP contribution in [0.4, 0.5) is 5.13 Å². The van der Waals surface area contributed by atoms with Gasteiger partial charge in [-0.2, -0.15) is 0 Å². The molecule has 4 aromatic rings. The van der Waals surface area contributed by atoms with Crippen molar-refractivity contribution >= 4 is 55.9 Å². The summed E-state index contributed by atoms with van der Waals surface area (Å²) in [5.41, 5.74) is 4.41. The minimum atomic E-state index is -0.285. The fourth-order valence-electron chi connectivity index (χ4n) is 7.25. The second kappa shape index (κ2) is 9.18. The number of ether oxygens (including phenoxy) is 1. The lowest BCUT2D eigenvalue weighted by molar-refractivity contribution is -0.148. The number of esters is 1. The van der Waals surface area contributed by atoms with Gasteiger partial charge in [-0.05, 0) is 69.4 Å². The first-order valence-corrected chi connectivity index (χ1v) is 15.6. The van der Waals surface area contributed by atoms with E-state index < -0.39 is 0 Å². The minimum Gasteiger partial charge on any atom is -0.462 e. The van der Waals surface area contributed by atoms with Crippen molar-refractivity contribution in [1.29, 1.82) is 0 Å². The van der Waals surface area contributed by atoms with Crippen LogP contribution in [0.15, 0.2) is 40.9 Å². The molecule has 3 aliphatic carbocycles. The van der Waals surface area contributed by atoms with Crippen molar-refractivity contribution in [3.63, 3.8) is 0 Å². The van der Waals surface area contributed by atoms with Crippen molar-refractivity contribution in [2.75, 3.05) is 11.5 Å². The van der Waals surface area contributed by atoms with Crippen LogP contribution in [-0.4, -0.2) is 40.8 Å². The number of nitrogens with zero attached hydrogens (tertiary/aromatic N) is 3. The number of fused-ring (bicyclic) bond motifs is 1. The maximum Gasteiger partial charge on any atom is 0.338 e. The summed E-state index contributed by atoms with van der Waals surface area (Å²) < 4.78 is 12.1. The van der Waals surface area contributed by atoms with Crippen LogP contribution in [0.25, 0.3) is 21.5 Å². The molecule has 0 radical (unpaired) electrons. The summed E-state index contributed by atoms with van der Waals surface area (Å²) in [7, 11) is 0. The number of benzene rings is 2. The minimum absolute atomic E-state index is 0.285. The van der Waals surface area contributed by atoms with Gasteiger partial charge in [-0.15, -0.1) is 0 Å². The van der Waals surface area contributed by atoms with Gasteiger partial charge in [-0.25, -0.2) is 9.78 Å². The standard InChI is InChI=1S/C30H28Cl2N4O3S/c1-2-38-28(37)16-8-9-20-21(12-16)40-29(34-20)36-23-10-11-30(23)22(13-24(30)36)33-14-17-26(35-39-27(17)15-6-7-15)25-18(31)4-3-5-19(25)32/h3-5,8-9,12,15,22-24,33H,2,6-7,10-11,13-14H2,1H3. The molecule has 8 rings (SSSR count). The quantitative estimate of drug-likeness (QED) is 0.216. The Balaban J connectivity index is 1.01. The number of carbonyl (C=O) groups excluding carboxylic acids is 1. The zero-order valence-corrected chi connectivity index (χ0v) is 24.3. The van der Waals surface area contributed by atoms with E-state index in [1.807, 2.05) is 43.3 Å². The first-order valence-electron chi connectivity index (χ1n) is 14.0. The molecular formula is C30H28Cl2N4O3S. The highest BCUT2D eigenvalue weighted by Crippen LogP contribution is 2.69. The number of anilines is 1. The lowest BCUT2D eigenvalue weighted by Crippen LogP contribution is -2.89. The molecule has 40 heavy (non-hydrogen) atoms. The Morgan fingerprint density at radius 3 is 2.73 bits per heavy atom. The normalized spacial score (nSPS) is 26.5. The molecule has 206 valence electrons. The zero-order valence-electron chi connectivity index (χ0n) is 22.0. The number of piperidine rings is 2. The molecule has 7 nitrogen and oxygen atoms in total. The third-order valence-corrected chi connectivity index (χ3v) is 11.1. The van der Waals surface area contributed by atoms with Crippen LogP contribution in [-0.2, 0) is 11.3 Å². The number of hydrogen-bond donors (Lipinski definition) is 1. The lowest BCUT2D eigenvalue weighted by Gasteiger charge is -2.79. The van der Waals surface area contributed by atoms with E-state index in [1.54, 1.807) is 11.3 Å². The first kappa shape index (κ1) is 25.1. The topological polar surface area (TPSA) is 80.5 Å². The summed E-state index contributed by atoms with van der Waals surface area (Å²) in [6, 6.07) is 12.6. The molecule has 4 fully saturated rings. The highest BCUT2D eigenvalue weighted by Gasteiger charge is 2.75. The molecule has 2 aromatic carbocycles. The SMILES string of the molecule is CCOC(=O)c1ccc2nc(N3C4CCC45C(NCc4c(-c6c(Cl)cccc6Cl)noc4C4CC4)CC35)sc2c1. The van der Waals surface area contributed by atoms with Gasteiger partial charge in [0.05, 0.1) is 32.4 Å². The Kier molecular flexibility index (Phi) is 5.76. The van der Waals surface area contributed by atoms with Gasteiger partial charge in [0.15, 0.2) is 5.13 Å². The fraction of sp³-hybridized carbons (Fsp3) is 0.433. The summed E-state index contributed by atoms with van der Waals surface area (Å²) >= 11 is 14.8. The summed E-state index contributed by atoms with van der Waals surface area (Å²) in [4.78, 5) is 19.7. The van der Waals surface area contributed by atoms with Crippen LogP contribution < -0.4 is 10.2 Å². The number of halogens is 2. The summed E-state index contributed by atoms with van der Waals surface area (Å²) in [6.07, 6.45) is 5.75. The third-order valence-electron chi connectivity index (χ3n) is 9.47. The Morgan fingerprint density at radius 2 is 2.02 bits per heavy atom. The van der Waals surface area contributed by atoms with Crippen molar-refractivity contribution in [1.82, 2.24) is 15.5 Å². The highest BCUT2D eigenvalue weighted by atomic mass is 35.5. The van der Waals surface area contributed by atoms with Crippen LogP contribution in [0, 0.1) is 5.41 Å². The van der Waals surface area contributed by atoms with Crippen LogP contribution >= 0.6 is 34.5 Å². The van der Waals surface area contributed by atoms with Crippen molar-refractivity contribution in [2.24, 2.45) is 5.41 Å². The van der Waals surface area contributed by atoms with Crippen LogP contribution in [0.5, 0.6) is 0 Å². The monoisotopic (exact) mass is 594 g/mol. The first-order chi connectivity index (χ1) is 19.5. The number of nitrogens with one attached hydrogen (secondary N) is 1. The fourth-order valence-corrected chi connectivity index (χ4v) is 8.93. The smallest absolute Gasteiger partial charge is 0.338 e. The van der Waals surface area contributed by atoms with Crippen molar-refractivity contribution in [2.45, 2.75) is 69.6 Å². The molecule has 0 amide bonds. The lowest BCUT2D eigenvalue weighted by atomic mass is 9.40. The van der Waals surface area contributed by atoms with E-state index in [-0.39, 0.29) is 5.97 Å². The number of carbonyl (C=O) groups is 1. The molecule has 4 atom stereocenters. The average molecular weight is 596 g/mol. The second-order valence-electron chi connectivity index (χ2n) is 11.4. The van der Waals surface area contributed by atoms with Gasteiger partial charge in [0.25, 0.3) is 0 Å². The van der Waals surface area contributed by atoms with E-state index in [2.05, 4.69) is 15.4 Å². The molecule has 0 bridgehead atoms. The summed E-state index contributed by atoms with van der Waals surface area (Å²) in [6.45, 7) is 2.88. The maximum absolute atomic E-state index is 12.2. The van der Waals surface area contributed by atoms with Crippen LogP contribution in [0.3, 0.4) is 0 Å². The van der Waals surface area contributed by atoms with Gasteiger partial charge in [0, 0.05) is 47.1 Å². The van der Waals surface area contributed by atoms with E-state index >= 15 is 0 Å². The van der Waals surface area contributed by atoms with Crippen molar-refractivity contribution in [3.8, 4) is 11.3 Å².